The Hall–Kier alpha value is -1.95. The van der Waals surface area contributed by atoms with Crippen LogP contribution < -0.4 is 0 Å². The maximum atomic E-state index is 13.0. The zero-order valence-corrected chi connectivity index (χ0v) is 15.0. The van der Waals surface area contributed by atoms with E-state index in [0.717, 1.165) is 36.1 Å². The average Bonchev–Trinajstić information content (AvgIpc) is 2.86. The third-order valence-corrected chi connectivity index (χ3v) is 5.70. The molecule has 2 fully saturated rings. The van der Waals surface area contributed by atoms with Crippen molar-refractivity contribution in [2.24, 2.45) is 7.05 Å². The molecule has 0 aliphatic carbocycles. The van der Waals surface area contributed by atoms with Gasteiger partial charge in [-0.05, 0) is 57.0 Å². The van der Waals surface area contributed by atoms with Gasteiger partial charge in [0.1, 0.15) is 5.52 Å². The Kier molecular flexibility index (Phi) is 4.70. The molecule has 2 saturated heterocycles. The summed E-state index contributed by atoms with van der Waals surface area (Å²) < 4.78 is 1.74. The number of likely N-dealkylation sites (tertiary alicyclic amines) is 2. The molecule has 25 heavy (non-hydrogen) atoms. The summed E-state index contributed by atoms with van der Waals surface area (Å²) in [6.07, 6.45) is 7.61. The molecule has 3 heterocycles. The normalized spacial score (nSPS) is 22.9. The summed E-state index contributed by atoms with van der Waals surface area (Å²) in [5.74, 6) is 0.132. The Morgan fingerprint density at radius 1 is 1.08 bits per heavy atom. The van der Waals surface area contributed by atoms with Gasteiger partial charge in [0.15, 0.2) is 0 Å². The van der Waals surface area contributed by atoms with Crippen molar-refractivity contribution >= 4 is 16.9 Å². The van der Waals surface area contributed by atoms with Gasteiger partial charge in [-0.15, -0.1) is 5.10 Å². The number of fused-ring (bicyclic) bond motifs is 1. The molecule has 2 aromatic rings. The Labute approximate surface area is 148 Å². The fraction of sp³-hybridized carbons (Fsp3) is 0.632. The summed E-state index contributed by atoms with van der Waals surface area (Å²) in [5.41, 5.74) is 2.47. The van der Waals surface area contributed by atoms with E-state index in [2.05, 4.69) is 15.2 Å². The number of carbonyl (C=O) groups excluding carboxylic acids is 1. The molecule has 1 atom stereocenters. The Balaban J connectivity index is 1.48. The molecule has 1 amide bonds. The third kappa shape index (κ3) is 3.40. The van der Waals surface area contributed by atoms with Crippen LogP contribution in [0, 0.1) is 0 Å². The van der Waals surface area contributed by atoms with Crippen LogP contribution in [-0.2, 0) is 7.05 Å². The molecule has 1 aromatic heterocycles. The van der Waals surface area contributed by atoms with E-state index in [1.54, 1.807) is 4.68 Å². The summed E-state index contributed by atoms with van der Waals surface area (Å²) in [6.45, 7) is 4.11. The molecular formula is C19H27N5O. The first-order valence-corrected chi connectivity index (χ1v) is 9.55. The Morgan fingerprint density at radius 3 is 2.68 bits per heavy atom. The molecule has 6 heteroatoms. The highest BCUT2D eigenvalue weighted by Gasteiger charge is 2.28. The summed E-state index contributed by atoms with van der Waals surface area (Å²) >= 11 is 0. The van der Waals surface area contributed by atoms with Gasteiger partial charge in [0.25, 0.3) is 5.91 Å². The van der Waals surface area contributed by atoms with Gasteiger partial charge in [-0.25, -0.2) is 4.68 Å². The van der Waals surface area contributed by atoms with Crippen molar-refractivity contribution in [1.82, 2.24) is 24.8 Å². The van der Waals surface area contributed by atoms with Crippen molar-refractivity contribution in [3.05, 3.63) is 23.8 Å². The lowest BCUT2D eigenvalue weighted by molar-refractivity contribution is 0.0579. The number of aryl methyl sites for hydroxylation is 1. The SMILES string of the molecule is Cn1nnc2cc(C(=O)N3CCC[C@@H](N4CCCCCC4)C3)ccc21. The molecule has 0 radical (unpaired) electrons. The lowest BCUT2D eigenvalue weighted by atomic mass is 10.0. The number of carbonyl (C=O) groups is 1. The molecule has 2 aliphatic rings. The van der Waals surface area contributed by atoms with Crippen molar-refractivity contribution in [2.45, 2.75) is 44.6 Å². The van der Waals surface area contributed by atoms with Gasteiger partial charge in [0.05, 0.1) is 5.52 Å². The largest absolute Gasteiger partial charge is 0.337 e. The van der Waals surface area contributed by atoms with Gasteiger partial charge in [-0.3, -0.25) is 9.69 Å². The topological polar surface area (TPSA) is 54.3 Å². The van der Waals surface area contributed by atoms with Crippen LogP contribution in [0.2, 0.25) is 0 Å². The molecule has 0 spiro atoms. The molecule has 0 N–H and O–H groups in total. The number of aromatic nitrogens is 3. The number of benzene rings is 1. The molecule has 6 nitrogen and oxygen atoms in total. The van der Waals surface area contributed by atoms with Gasteiger partial charge in [0.2, 0.25) is 0 Å². The number of rotatable bonds is 2. The van der Waals surface area contributed by atoms with Gasteiger partial charge >= 0.3 is 0 Å². The van der Waals surface area contributed by atoms with Crippen LogP contribution in [0.4, 0.5) is 0 Å². The molecule has 0 bridgehead atoms. The van der Waals surface area contributed by atoms with E-state index in [1.165, 1.54) is 45.2 Å². The summed E-state index contributed by atoms with van der Waals surface area (Å²) in [5, 5.41) is 8.17. The maximum Gasteiger partial charge on any atom is 0.253 e. The quantitative estimate of drug-likeness (QED) is 0.842. The number of amides is 1. The first kappa shape index (κ1) is 16.5. The molecule has 1 aromatic carbocycles. The average molecular weight is 341 g/mol. The first-order valence-electron chi connectivity index (χ1n) is 9.55. The van der Waals surface area contributed by atoms with Crippen LogP contribution in [0.15, 0.2) is 18.2 Å². The predicted molar refractivity (Wildman–Crippen MR) is 97.5 cm³/mol. The summed E-state index contributed by atoms with van der Waals surface area (Å²) in [4.78, 5) is 17.7. The highest BCUT2D eigenvalue weighted by atomic mass is 16.2. The standard InChI is InChI=1S/C19H27N5O/c1-22-18-9-8-15(13-17(18)20-21-22)19(25)24-12-6-7-16(14-24)23-10-4-2-3-5-11-23/h8-9,13,16H,2-7,10-12,14H2,1H3/t16-/m1/s1. The Morgan fingerprint density at radius 2 is 1.88 bits per heavy atom. The summed E-state index contributed by atoms with van der Waals surface area (Å²) in [7, 11) is 1.87. The minimum atomic E-state index is 0.132. The number of hydrogen-bond acceptors (Lipinski definition) is 4. The molecule has 134 valence electrons. The van der Waals surface area contributed by atoms with E-state index in [1.807, 2.05) is 30.1 Å². The number of nitrogens with zero attached hydrogens (tertiary/aromatic N) is 5. The van der Waals surface area contributed by atoms with Crippen LogP contribution >= 0.6 is 0 Å². The molecular weight excluding hydrogens is 314 g/mol. The number of hydrogen-bond donors (Lipinski definition) is 0. The predicted octanol–water partition coefficient (Wildman–Crippen LogP) is 2.45. The van der Waals surface area contributed by atoms with E-state index >= 15 is 0 Å². The Bertz CT molecular complexity index is 747. The van der Waals surface area contributed by atoms with Gasteiger partial charge in [0, 0.05) is 31.7 Å². The van der Waals surface area contributed by atoms with Crippen LogP contribution in [0.5, 0.6) is 0 Å². The smallest absolute Gasteiger partial charge is 0.253 e. The van der Waals surface area contributed by atoms with E-state index in [0.29, 0.717) is 6.04 Å². The third-order valence-electron chi connectivity index (χ3n) is 5.70. The highest BCUT2D eigenvalue weighted by Crippen LogP contribution is 2.22. The molecule has 2 aliphatic heterocycles. The van der Waals surface area contributed by atoms with E-state index < -0.39 is 0 Å². The molecule has 4 rings (SSSR count). The van der Waals surface area contributed by atoms with Crippen LogP contribution in [0.1, 0.15) is 48.9 Å². The van der Waals surface area contributed by atoms with Crippen LogP contribution in [0.25, 0.3) is 11.0 Å². The summed E-state index contributed by atoms with van der Waals surface area (Å²) in [6, 6.07) is 6.25. The van der Waals surface area contributed by atoms with Crippen molar-refractivity contribution in [1.29, 1.82) is 0 Å². The van der Waals surface area contributed by atoms with E-state index in [9.17, 15) is 4.79 Å². The zero-order valence-electron chi connectivity index (χ0n) is 15.0. The fourth-order valence-corrected chi connectivity index (χ4v) is 4.25. The van der Waals surface area contributed by atoms with Crippen molar-refractivity contribution in [3.8, 4) is 0 Å². The monoisotopic (exact) mass is 341 g/mol. The first-order chi connectivity index (χ1) is 12.2. The van der Waals surface area contributed by atoms with Gasteiger partial charge in [-0.2, -0.15) is 0 Å². The second kappa shape index (κ2) is 7.12. The van der Waals surface area contributed by atoms with Crippen molar-refractivity contribution in [3.63, 3.8) is 0 Å². The lowest BCUT2D eigenvalue weighted by Gasteiger charge is -2.39. The van der Waals surface area contributed by atoms with Crippen LogP contribution in [-0.4, -0.2) is 62.9 Å². The second-order valence-electron chi connectivity index (χ2n) is 7.41. The second-order valence-corrected chi connectivity index (χ2v) is 7.41. The minimum absolute atomic E-state index is 0.132. The minimum Gasteiger partial charge on any atom is -0.337 e. The van der Waals surface area contributed by atoms with E-state index in [-0.39, 0.29) is 5.91 Å². The van der Waals surface area contributed by atoms with E-state index in [4.69, 9.17) is 0 Å². The lowest BCUT2D eigenvalue weighted by Crippen LogP contribution is -2.50. The van der Waals surface area contributed by atoms with Crippen LogP contribution in [0.3, 0.4) is 0 Å². The zero-order chi connectivity index (χ0) is 17.2. The van der Waals surface area contributed by atoms with Crippen molar-refractivity contribution in [2.75, 3.05) is 26.2 Å². The van der Waals surface area contributed by atoms with Gasteiger partial charge < -0.3 is 4.90 Å². The van der Waals surface area contributed by atoms with Gasteiger partial charge in [-0.1, -0.05) is 18.1 Å². The molecule has 0 unspecified atom stereocenters. The number of piperidine rings is 1. The fourth-order valence-electron chi connectivity index (χ4n) is 4.25. The highest BCUT2D eigenvalue weighted by molar-refractivity contribution is 5.97. The van der Waals surface area contributed by atoms with Crippen molar-refractivity contribution < 1.29 is 4.79 Å². The molecule has 0 saturated carbocycles. The maximum absolute atomic E-state index is 13.0.